The van der Waals surface area contributed by atoms with Gasteiger partial charge in [0, 0.05) is 13.0 Å². The molecule has 1 aromatic rings. The Morgan fingerprint density at radius 3 is 2.55 bits per heavy atom. The minimum absolute atomic E-state index is 0.267. The second-order valence-corrected chi connectivity index (χ2v) is 6.79. The van der Waals surface area contributed by atoms with Gasteiger partial charge in [0.25, 0.3) is 0 Å². The van der Waals surface area contributed by atoms with E-state index in [1.54, 1.807) is 0 Å². The fraction of sp³-hybridized carbons (Fsp3) is 0.533. The number of hydrogen-bond acceptors (Lipinski definition) is 3. The van der Waals surface area contributed by atoms with E-state index in [0.29, 0.717) is 22.0 Å². The fourth-order valence-electron chi connectivity index (χ4n) is 3.95. The summed E-state index contributed by atoms with van der Waals surface area (Å²) in [5.74, 6) is 0.681. The molecule has 3 fully saturated rings. The van der Waals surface area contributed by atoms with Gasteiger partial charge in [-0.25, -0.2) is 0 Å². The summed E-state index contributed by atoms with van der Waals surface area (Å²) in [4.78, 5) is 2.58. The SMILES string of the molecule is CN1N=C2C3CCN(CC3)[C@@H]2[C@@H]1c1ccc(Cl)c(Cl)c1. The van der Waals surface area contributed by atoms with Crippen LogP contribution in [0.5, 0.6) is 0 Å². The van der Waals surface area contributed by atoms with E-state index in [1.165, 1.54) is 37.2 Å². The number of piperidine rings is 3. The van der Waals surface area contributed by atoms with Crippen LogP contribution in [-0.4, -0.2) is 41.8 Å². The monoisotopic (exact) mass is 309 g/mol. The van der Waals surface area contributed by atoms with Gasteiger partial charge in [-0.1, -0.05) is 29.3 Å². The molecule has 3 nitrogen and oxygen atoms in total. The van der Waals surface area contributed by atoms with Gasteiger partial charge < -0.3 is 0 Å². The first-order valence-electron chi connectivity index (χ1n) is 7.15. The molecule has 0 radical (unpaired) electrons. The average molecular weight is 310 g/mol. The van der Waals surface area contributed by atoms with Crippen LogP contribution in [0.3, 0.4) is 0 Å². The predicted octanol–water partition coefficient (Wildman–Crippen LogP) is 3.43. The number of halogens is 2. The molecule has 106 valence electrons. The minimum atomic E-state index is 0.267. The molecule has 0 amide bonds. The molecular weight excluding hydrogens is 293 g/mol. The van der Waals surface area contributed by atoms with E-state index in [4.69, 9.17) is 28.3 Å². The van der Waals surface area contributed by atoms with Crippen molar-refractivity contribution < 1.29 is 0 Å². The lowest BCUT2D eigenvalue weighted by atomic mass is 9.78. The van der Waals surface area contributed by atoms with Gasteiger partial charge in [0.05, 0.1) is 27.8 Å². The summed E-state index contributed by atoms with van der Waals surface area (Å²) in [7, 11) is 2.07. The topological polar surface area (TPSA) is 18.8 Å². The molecule has 4 heterocycles. The van der Waals surface area contributed by atoms with E-state index in [2.05, 4.69) is 23.0 Å². The van der Waals surface area contributed by atoms with Crippen LogP contribution in [-0.2, 0) is 0 Å². The standard InChI is InChI=1S/C15H17Cl2N3/c1-19-14(10-2-3-11(16)12(17)8-10)15-13(18-19)9-4-6-20(15)7-5-9/h2-3,8-9,14-15H,4-7H2,1H3/t14-,15-/m0/s1. The molecule has 1 aromatic carbocycles. The largest absolute Gasteiger partial charge is 0.293 e. The summed E-state index contributed by atoms with van der Waals surface area (Å²) < 4.78 is 0. The quantitative estimate of drug-likeness (QED) is 0.791. The summed E-state index contributed by atoms with van der Waals surface area (Å²) in [6.45, 7) is 2.39. The maximum absolute atomic E-state index is 6.19. The second kappa shape index (κ2) is 4.62. The van der Waals surface area contributed by atoms with Gasteiger partial charge in [0.2, 0.25) is 0 Å². The van der Waals surface area contributed by atoms with E-state index < -0.39 is 0 Å². The number of hydrazone groups is 1. The molecule has 0 aromatic heterocycles. The second-order valence-electron chi connectivity index (χ2n) is 5.97. The van der Waals surface area contributed by atoms with E-state index in [1.807, 2.05) is 12.1 Å². The molecule has 2 bridgehead atoms. The van der Waals surface area contributed by atoms with Crippen molar-refractivity contribution in [1.82, 2.24) is 9.91 Å². The zero-order chi connectivity index (χ0) is 13.9. The molecule has 0 aliphatic carbocycles. The van der Waals surface area contributed by atoms with Crippen LogP contribution in [0.4, 0.5) is 0 Å². The van der Waals surface area contributed by atoms with Crippen LogP contribution in [0.1, 0.15) is 24.4 Å². The molecule has 3 saturated heterocycles. The van der Waals surface area contributed by atoms with Crippen molar-refractivity contribution in [3.8, 4) is 0 Å². The van der Waals surface area contributed by atoms with Gasteiger partial charge in [-0.05, 0) is 43.6 Å². The van der Waals surface area contributed by atoms with Crippen LogP contribution < -0.4 is 0 Å². The van der Waals surface area contributed by atoms with Gasteiger partial charge in [-0.3, -0.25) is 9.91 Å². The lowest BCUT2D eigenvalue weighted by Crippen LogP contribution is -2.56. The smallest absolute Gasteiger partial charge is 0.0926 e. The highest BCUT2D eigenvalue weighted by atomic mass is 35.5. The average Bonchev–Trinajstić information content (AvgIpc) is 2.82. The van der Waals surface area contributed by atoms with Gasteiger partial charge >= 0.3 is 0 Å². The highest BCUT2D eigenvalue weighted by Gasteiger charge is 2.48. The van der Waals surface area contributed by atoms with Crippen molar-refractivity contribution in [1.29, 1.82) is 0 Å². The van der Waals surface area contributed by atoms with Crippen molar-refractivity contribution >= 4 is 28.9 Å². The first-order chi connectivity index (χ1) is 9.65. The third kappa shape index (κ3) is 1.80. The van der Waals surface area contributed by atoms with E-state index in [9.17, 15) is 0 Å². The highest BCUT2D eigenvalue weighted by molar-refractivity contribution is 6.42. The van der Waals surface area contributed by atoms with Gasteiger partial charge in [-0.15, -0.1) is 0 Å². The van der Waals surface area contributed by atoms with Gasteiger partial charge in [0.1, 0.15) is 0 Å². The van der Waals surface area contributed by atoms with E-state index >= 15 is 0 Å². The fourth-order valence-corrected chi connectivity index (χ4v) is 4.25. The molecule has 0 unspecified atom stereocenters. The maximum Gasteiger partial charge on any atom is 0.0926 e. The Morgan fingerprint density at radius 2 is 1.85 bits per heavy atom. The van der Waals surface area contributed by atoms with Crippen molar-refractivity contribution in [2.45, 2.75) is 24.9 Å². The van der Waals surface area contributed by atoms with Crippen LogP contribution in [0.25, 0.3) is 0 Å². The van der Waals surface area contributed by atoms with Gasteiger partial charge in [-0.2, -0.15) is 5.10 Å². The summed E-state index contributed by atoms with van der Waals surface area (Å²) in [6, 6.07) is 6.65. The van der Waals surface area contributed by atoms with Crippen LogP contribution >= 0.6 is 23.2 Å². The molecule has 0 saturated carbocycles. The zero-order valence-corrected chi connectivity index (χ0v) is 12.9. The van der Waals surface area contributed by atoms with E-state index in [-0.39, 0.29) is 6.04 Å². The number of hydrogen-bond donors (Lipinski definition) is 0. The number of fused-ring (bicyclic) bond motifs is 2. The summed E-state index contributed by atoms with van der Waals surface area (Å²) in [5.41, 5.74) is 2.58. The third-order valence-corrected chi connectivity index (χ3v) is 5.64. The van der Waals surface area contributed by atoms with Crippen LogP contribution in [0, 0.1) is 5.92 Å². The number of rotatable bonds is 1. The van der Waals surface area contributed by atoms with Crippen molar-refractivity contribution in [2.24, 2.45) is 11.0 Å². The molecule has 0 N–H and O–H groups in total. The molecule has 20 heavy (non-hydrogen) atoms. The molecule has 0 spiro atoms. The lowest BCUT2D eigenvalue weighted by Gasteiger charge is -2.46. The molecule has 2 atom stereocenters. The summed E-state index contributed by atoms with van der Waals surface area (Å²) >= 11 is 12.2. The molecule has 4 aliphatic heterocycles. The number of benzene rings is 1. The normalized spacial score (nSPS) is 35.1. The zero-order valence-electron chi connectivity index (χ0n) is 11.4. The Kier molecular flexibility index (Phi) is 2.99. The first kappa shape index (κ1) is 12.9. The Hall–Kier alpha value is -0.770. The highest BCUT2D eigenvalue weighted by Crippen LogP contribution is 2.43. The summed E-state index contributed by atoms with van der Waals surface area (Å²) in [5, 5.41) is 8.18. The first-order valence-corrected chi connectivity index (χ1v) is 7.91. The number of likely N-dealkylation sites (N-methyl/N-ethyl adjacent to an activating group) is 1. The lowest BCUT2D eigenvalue weighted by molar-refractivity contribution is 0.107. The third-order valence-electron chi connectivity index (χ3n) is 4.90. The molecule has 5 rings (SSSR count). The van der Waals surface area contributed by atoms with Crippen molar-refractivity contribution in [3.63, 3.8) is 0 Å². The Labute approximate surface area is 129 Å². The number of nitrogens with zero attached hydrogens (tertiary/aromatic N) is 3. The predicted molar refractivity (Wildman–Crippen MR) is 82.5 cm³/mol. The minimum Gasteiger partial charge on any atom is -0.293 e. The van der Waals surface area contributed by atoms with Crippen LogP contribution in [0.15, 0.2) is 23.3 Å². The Morgan fingerprint density at radius 1 is 1.10 bits per heavy atom. The summed E-state index contributed by atoms with van der Waals surface area (Å²) in [6.07, 6.45) is 2.52. The van der Waals surface area contributed by atoms with Crippen molar-refractivity contribution in [2.75, 3.05) is 20.1 Å². The Bertz CT molecular complexity index is 578. The van der Waals surface area contributed by atoms with E-state index in [0.717, 1.165) is 0 Å². The molecule has 5 heteroatoms. The molecular formula is C15H17Cl2N3. The Balaban J connectivity index is 1.74. The maximum atomic E-state index is 6.19. The van der Waals surface area contributed by atoms with Crippen molar-refractivity contribution in [3.05, 3.63) is 33.8 Å². The van der Waals surface area contributed by atoms with Crippen LogP contribution in [0.2, 0.25) is 10.0 Å². The molecule has 4 aliphatic rings. The van der Waals surface area contributed by atoms with Gasteiger partial charge in [0.15, 0.2) is 0 Å².